The Morgan fingerprint density at radius 1 is 1.15 bits per heavy atom. The van der Waals surface area contributed by atoms with Gasteiger partial charge in [-0.15, -0.1) is 0 Å². The van der Waals surface area contributed by atoms with Crippen LogP contribution in [0.15, 0.2) is 46.7 Å². The molecule has 0 unspecified atom stereocenters. The molecule has 1 aromatic heterocycles. The second-order valence-electron chi connectivity index (χ2n) is 5.71. The van der Waals surface area contributed by atoms with E-state index in [1.54, 1.807) is 7.11 Å². The second-order valence-corrected chi connectivity index (χ2v) is 9.00. The molecule has 1 heterocycles. The van der Waals surface area contributed by atoms with Crippen molar-refractivity contribution in [2.45, 2.75) is 10.8 Å². The number of ether oxygens (including phenoxy) is 1. The van der Waals surface area contributed by atoms with Crippen molar-refractivity contribution >= 4 is 42.6 Å². The van der Waals surface area contributed by atoms with Crippen molar-refractivity contribution in [2.24, 2.45) is 0 Å². The Bertz CT molecular complexity index is 1090. The van der Waals surface area contributed by atoms with Crippen LogP contribution in [-0.2, 0) is 16.4 Å². The molecule has 136 valence electrons. The number of rotatable bonds is 6. The molecule has 0 radical (unpaired) electrons. The molecule has 0 atom stereocenters. The van der Waals surface area contributed by atoms with Crippen molar-refractivity contribution in [3.8, 4) is 5.75 Å². The molecule has 3 rings (SSSR count). The van der Waals surface area contributed by atoms with E-state index < -0.39 is 14.8 Å². The summed E-state index contributed by atoms with van der Waals surface area (Å²) in [5.41, 5.74) is 0.687. The Hall–Kier alpha value is -2.65. The fourth-order valence-corrected chi connectivity index (χ4v) is 4.43. The lowest BCUT2D eigenvalue weighted by atomic mass is 10.1. The standard InChI is InChI=1S/C17H16N2O5S2/c1-24-14-6-5-12-7-11(3-4-13(12)8-14)10-18-17-15(19(20)21)9-16(25-17)26(2,22)23/h3-9,18H,10H2,1-2H3. The van der Waals surface area contributed by atoms with Crippen molar-refractivity contribution in [1.29, 1.82) is 0 Å². The number of methoxy groups -OCH3 is 1. The van der Waals surface area contributed by atoms with Gasteiger partial charge in [0.2, 0.25) is 0 Å². The van der Waals surface area contributed by atoms with Gasteiger partial charge in [0.15, 0.2) is 14.8 Å². The van der Waals surface area contributed by atoms with Crippen LogP contribution in [0.3, 0.4) is 0 Å². The van der Waals surface area contributed by atoms with E-state index in [0.717, 1.165) is 45.7 Å². The molecule has 0 saturated carbocycles. The monoisotopic (exact) mass is 392 g/mol. The highest BCUT2D eigenvalue weighted by Gasteiger charge is 2.23. The molecule has 2 aromatic carbocycles. The summed E-state index contributed by atoms with van der Waals surface area (Å²) in [6.45, 7) is 0.340. The number of benzene rings is 2. The lowest BCUT2D eigenvalue weighted by Gasteiger charge is -2.07. The highest BCUT2D eigenvalue weighted by atomic mass is 32.2. The summed E-state index contributed by atoms with van der Waals surface area (Å²) in [7, 11) is -1.88. The van der Waals surface area contributed by atoms with Crippen LogP contribution in [0.4, 0.5) is 10.7 Å². The van der Waals surface area contributed by atoms with E-state index in [2.05, 4.69) is 5.32 Å². The Balaban J connectivity index is 1.85. The normalized spacial score (nSPS) is 11.5. The van der Waals surface area contributed by atoms with Crippen molar-refractivity contribution in [1.82, 2.24) is 0 Å². The van der Waals surface area contributed by atoms with Gasteiger partial charge in [-0.25, -0.2) is 8.42 Å². The molecule has 3 aromatic rings. The summed E-state index contributed by atoms with van der Waals surface area (Å²) in [4.78, 5) is 10.6. The van der Waals surface area contributed by atoms with E-state index in [1.165, 1.54) is 0 Å². The third-order valence-corrected chi connectivity index (χ3v) is 6.70. The topological polar surface area (TPSA) is 98.5 Å². The van der Waals surface area contributed by atoms with Gasteiger partial charge in [0.05, 0.1) is 12.0 Å². The van der Waals surface area contributed by atoms with Crippen LogP contribution in [0, 0.1) is 10.1 Å². The van der Waals surface area contributed by atoms with E-state index in [-0.39, 0.29) is 14.9 Å². The molecule has 0 saturated heterocycles. The first-order chi connectivity index (χ1) is 12.3. The van der Waals surface area contributed by atoms with E-state index in [4.69, 9.17) is 4.74 Å². The second kappa shape index (κ2) is 6.93. The molecule has 0 amide bonds. The minimum atomic E-state index is -3.49. The predicted molar refractivity (Wildman–Crippen MR) is 102 cm³/mol. The van der Waals surface area contributed by atoms with Crippen LogP contribution in [-0.4, -0.2) is 26.7 Å². The highest BCUT2D eigenvalue weighted by Crippen LogP contribution is 2.37. The number of thiophene rings is 1. The number of anilines is 1. The van der Waals surface area contributed by atoms with E-state index in [0.29, 0.717) is 6.54 Å². The van der Waals surface area contributed by atoms with Crippen molar-refractivity contribution in [2.75, 3.05) is 18.7 Å². The van der Waals surface area contributed by atoms with Crippen LogP contribution in [0.1, 0.15) is 5.56 Å². The molecular weight excluding hydrogens is 376 g/mol. The first-order valence-electron chi connectivity index (χ1n) is 7.57. The predicted octanol–water partition coefficient (Wildman–Crippen LogP) is 3.83. The smallest absolute Gasteiger partial charge is 0.304 e. The molecule has 0 aliphatic heterocycles. The molecule has 0 fully saturated rings. The Morgan fingerprint density at radius 2 is 1.85 bits per heavy atom. The average Bonchev–Trinajstić information content (AvgIpc) is 3.04. The maximum absolute atomic E-state index is 11.6. The molecule has 7 nitrogen and oxygen atoms in total. The highest BCUT2D eigenvalue weighted by molar-refractivity contribution is 7.92. The summed E-state index contributed by atoms with van der Waals surface area (Å²) in [6, 6.07) is 12.6. The van der Waals surface area contributed by atoms with Crippen LogP contribution >= 0.6 is 11.3 Å². The van der Waals surface area contributed by atoms with Crippen molar-refractivity contribution in [3.05, 3.63) is 58.1 Å². The largest absolute Gasteiger partial charge is 0.497 e. The van der Waals surface area contributed by atoms with Crippen molar-refractivity contribution in [3.63, 3.8) is 0 Å². The molecule has 0 bridgehead atoms. The number of sulfone groups is 1. The lowest BCUT2D eigenvalue weighted by molar-refractivity contribution is -0.383. The lowest BCUT2D eigenvalue weighted by Crippen LogP contribution is -2.00. The molecule has 0 aliphatic rings. The molecule has 1 N–H and O–H groups in total. The third kappa shape index (κ3) is 3.78. The van der Waals surface area contributed by atoms with Gasteiger partial charge in [0.1, 0.15) is 9.96 Å². The van der Waals surface area contributed by atoms with Crippen LogP contribution in [0.25, 0.3) is 10.8 Å². The zero-order valence-corrected chi connectivity index (χ0v) is 15.7. The SMILES string of the molecule is COc1ccc2cc(CNc3sc(S(C)(=O)=O)cc3[N+](=O)[O-])ccc2c1. The van der Waals surface area contributed by atoms with Crippen LogP contribution < -0.4 is 10.1 Å². The molecule has 0 aliphatic carbocycles. The molecular formula is C17H16N2O5S2. The van der Waals surface area contributed by atoms with Crippen molar-refractivity contribution < 1.29 is 18.1 Å². The summed E-state index contributed by atoms with van der Waals surface area (Å²) in [5.74, 6) is 0.769. The fraction of sp³-hybridized carbons (Fsp3) is 0.176. The number of hydrogen-bond donors (Lipinski definition) is 1. The van der Waals surface area contributed by atoms with Gasteiger partial charge in [0, 0.05) is 18.9 Å². The van der Waals surface area contributed by atoms with Crippen LogP contribution in [0.2, 0.25) is 0 Å². The van der Waals surface area contributed by atoms with Crippen LogP contribution in [0.5, 0.6) is 5.75 Å². The number of nitrogens with zero attached hydrogens (tertiary/aromatic N) is 1. The van der Waals surface area contributed by atoms with E-state index >= 15 is 0 Å². The molecule has 0 spiro atoms. The Kier molecular flexibility index (Phi) is 4.84. The minimum Gasteiger partial charge on any atom is -0.497 e. The summed E-state index contributed by atoms with van der Waals surface area (Å²) in [5, 5.41) is 16.4. The Labute approximate surface area is 154 Å². The third-order valence-electron chi connectivity index (χ3n) is 3.82. The number of hydrogen-bond acceptors (Lipinski definition) is 7. The Morgan fingerprint density at radius 3 is 2.50 bits per heavy atom. The van der Waals surface area contributed by atoms with Gasteiger partial charge < -0.3 is 10.1 Å². The van der Waals surface area contributed by atoms with E-state index in [1.807, 2.05) is 36.4 Å². The number of fused-ring (bicyclic) bond motifs is 1. The number of nitrogens with one attached hydrogen (secondary N) is 1. The van der Waals surface area contributed by atoms with Gasteiger partial charge in [-0.05, 0) is 34.5 Å². The van der Waals surface area contributed by atoms with Gasteiger partial charge in [-0.2, -0.15) is 0 Å². The zero-order chi connectivity index (χ0) is 18.9. The van der Waals surface area contributed by atoms with Gasteiger partial charge in [0.25, 0.3) is 0 Å². The fourth-order valence-electron chi connectivity index (χ4n) is 2.50. The summed E-state index contributed by atoms with van der Waals surface area (Å²) in [6.07, 6.45) is 1.03. The maximum atomic E-state index is 11.6. The minimum absolute atomic E-state index is 0.0303. The first-order valence-corrected chi connectivity index (χ1v) is 10.3. The maximum Gasteiger partial charge on any atom is 0.304 e. The van der Waals surface area contributed by atoms with Gasteiger partial charge in [-0.3, -0.25) is 10.1 Å². The molecule has 9 heteroatoms. The summed E-state index contributed by atoms with van der Waals surface area (Å²) < 4.78 is 28.5. The first kappa shape index (κ1) is 18.2. The zero-order valence-electron chi connectivity index (χ0n) is 14.1. The van der Waals surface area contributed by atoms with E-state index in [9.17, 15) is 18.5 Å². The average molecular weight is 392 g/mol. The van der Waals surface area contributed by atoms with Gasteiger partial charge in [-0.1, -0.05) is 29.5 Å². The summed E-state index contributed by atoms with van der Waals surface area (Å²) >= 11 is 0.865. The number of nitro groups is 1. The van der Waals surface area contributed by atoms with Gasteiger partial charge >= 0.3 is 5.69 Å². The quantitative estimate of drug-likeness (QED) is 0.506. The molecule has 26 heavy (non-hydrogen) atoms.